The van der Waals surface area contributed by atoms with E-state index in [0.29, 0.717) is 17.0 Å². The Hall–Kier alpha value is -2.37. The van der Waals surface area contributed by atoms with Crippen molar-refractivity contribution in [2.75, 3.05) is 12.8 Å². The number of benzene rings is 1. The molecule has 0 saturated carbocycles. The first-order valence-corrected chi connectivity index (χ1v) is 6.17. The van der Waals surface area contributed by atoms with Gasteiger partial charge >= 0.3 is 0 Å². The highest BCUT2D eigenvalue weighted by molar-refractivity contribution is 5.90. The highest BCUT2D eigenvalue weighted by Gasteiger charge is 2.22. The molecule has 0 aliphatic heterocycles. The predicted octanol–water partition coefficient (Wildman–Crippen LogP) is 3.03. The van der Waals surface area contributed by atoms with Gasteiger partial charge in [0, 0.05) is 10.9 Å². The zero-order chi connectivity index (χ0) is 15.1. The SMILES string of the molecule is COc1cc([N+](=O)[O-])c2nc(N)c(C(C)(C)C)cc2c1. The van der Waals surface area contributed by atoms with E-state index in [1.165, 1.54) is 13.2 Å². The van der Waals surface area contributed by atoms with Gasteiger partial charge in [-0.15, -0.1) is 0 Å². The number of methoxy groups -OCH3 is 1. The molecule has 20 heavy (non-hydrogen) atoms. The highest BCUT2D eigenvalue weighted by Crippen LogP contribution is 2.35. The summed E-state index contributed by atoms with van der Waals surface area (Å²) in [6, 6.07) is 4.92. The minimum absolute atomic E-state index is 0.105. The molecule has 6 nitrogen and oxygen atoms in total. The molecule has 0 amide bonds. The Morgan fingerprint density at radius 3 is 2.45 bits per heavy atom. The number of nitro benzene ring substituents is 1. The van der Waals surface area contributed by atoms with E-state index in [2.05, 4.69) is 4.98 Å². The smallest absolute Gasteiger partial charge is 0.299 e. The Labute approximate surface area is 116 Å². The van der Waals surface area contributed by atoms with Gasteiger partial charge in [0.25, 0.3) is 5.69 Å². The van der Waals surface area contributed by atoms with Crippen LogP contribution in [0.15, 0.2) is 18.2 Å². The van der Waals surface area contributed by atoms with Crippen molar-refractivity contribution in [2.45, 2.75) is 26.2 Å². The maximum atomic E-state index is 11.1. The number of nitro groups is 1. The summed E-state index contributed by atoms with van der Waals surface area (Å²) >= 11 is 0. The van der Waals surface area contributed by atoms with Crippen molar-refractivity contribution in [1.29, 1.82) is 0 Å². The number of nitrogens with two attached hydrogens (primary N) is 1. The van der Waals surface area contributed by atoms with Gasteiger partial charge in [-0.05, 0) is 17.5 Å². The molecule has 2 N–H and O–H groups in total. The zero-order valence-electron chi connectivity index (χ0n) is 11.9. The summed E-state index contributed by atoms with van der Waals surface area (Å²) in [5.41, 5.74) is 6.78. The van der Waals surface area contributed by atoms with E-state index in [4.69, 9.17) is 10.5 Å². The monoisotopic (exact) mass is 275 g/mol. The third-order valence-corrected chi connectivity index (χ3v) is 3.14. The van der Waals surface area contributed by atoms with Gasteiger partial charge in [0.2, 0.25) is 0 Å². The third-order valence-electron chi connectivity index (χ3n) is 3.14. The van der Waals surface area contributed by atoms with E-state index < -0.39 is 4.92 Å². The molecular formula is C14H17N3O3. The van der Waals surface area contributed by atoms with Crippen LogP contribution in [0.4, 0.5) is 11.5 Å². The van der Waals surface area contributed by atoms with Gasteiger partial charge in [-0.1, -0.05) is 20.8 Å². The Morgan fingerprint density at radius 2 is 1.95 bits per heavy atom. The number of nitrogens with zero attached hydrogens (tertiary/aromatic N) is 2. The Bertz CT molecular complexity index is 690. The third kappa shape index (κ3) is 2.36. The molecule has 0 bridgehead atoms. The van der Waals surface area contributed by atoms with Crippen LogP contribution in [0.5, 0.6) is 5.75 Å². The van der Waals surface area contributed by atoms with Crippen molar-refractivity contribution < 1.29 is 9.66 Å². The van der Waals surface area contributed by atoms with Gasteiger partial charge in [-0.3, -0.25) is 10.1 Å². The van der Waals surface area contributed by atoms with Crippen LogP contribution in [-0.4, -0.2) is 17.0 Å². The van der Waals surface area contributed by atoms with Crippen molar-refractivity contribution >= 4 is 22.4 Å². The average Bonchev–Trinajstić information content (AvgIpc) is 2.35. The van der Waals surface area contributed by atoms with Crippen LogP contribution < -0.4 is 10.5 Å². The summed E-state index contributed by atoms with van der Waals surface area (Å²) in [5, 5.41) is 11.8. The molecule has 0 radical (unpaired) electrons. The summed E-state index contributed by atoms with van der Waals surface area (Å²) in [5.74, 6) is 0.744. The van der Waals surface area contributed by atoms with Crippen molar-refractivity contribution in [3.05, 3.63) is 33.9 Å². The molecule has 0 fully saturated rings. The van der Waals surface area contributed by atoms with Crippen molar-refractivity contribution in [3.63, 3.8) is 0 Å². The fraction of sp³-hybridized carbons (Fsp3) is 0.357. The number of hydrogen-bond acceptors (Lipinski definition) is 5. The van der Waals surface area contributed by atoms with Crippen LogP contribution in [0, 0.1) is 10.1 Å². The van der Waals surface area contributed by atoms with Gasteiger partial charge in [0.15, 0.2) is 5.52 Å². The molecule has 0 aliphatic carbocycles. The molecule has 1 heterocycles. The Balaban J connectivity index is 2.84. The number of non-ortho nitro benzene ring substituents is 1. The normalized spacial score (nSPS) is 11.6. The summed E-state index contributed by atoms with van der Waals surface area (Å²) in [6.07, 6.45) is 0. The fourth-order valence-electron chi connectivity index (χ4n) is 2.11. The minimum atomic E-state index is -0.478. The first kappa shape index (κ1) is 14.0. The number of anilines is 1. The van der Waals surface area contributed by atoms with Crippen LogP contribution in [0.25, 0.3) is 10.9 Å². The van der Waals surface area contributed by atoms with E-state index in [1.54, 1.807) is 6.07 Å². The maximum absolute atomic E-state index is 11.1. The average molecular weight is 275 g/mol. The number of ether oxygens (including phenoxy) is 1. The van der Waals surface area contributed by atoms with Gasteiger partial charge < -0.3 is 10.5 Å². The molecule has 2 rings (SSSR count). The van der Waals surface area contributed by atoms with Crippen molar-refractivity contribution in [2.24, 2.45) is 0 Å². The number of pyridine rings is 1. The minimum Gasteiger partial charge on any atom is -0.496 e. The number of aromatic nitrogens is 1. The van der Waals surface area contributed by atoms with Crippen LogP contribution in [0.1, 0.15) is 26.3 Å². The molecule has 0 saturated heterocycles. The van der Waals surface area contributed by atoms with E-state index >= 15 is 0 Å². The lowest BCUT2D eigenvalue weighted by Gasteiger charge is -2.21. The Kier molecular flexibility index (Phi) is 3.25. The lowest BCUT2D eigenvalue weighted by atomic mass is 9.86. The van der Waals surface area contributed by atoms with Crippen LogP contribution in [-0.2, 0) is 5.41 Å². The summed E-state index contributed by atoms with van der Waals surface area (Å²) in [7, 11) is 1.47. The molecule has 0 spiro atoms. The second kappa shape index (κ2) is 4.63. The number of fused-ring (bicyclic) bond motifs is 1. The van der Waals surface area contributed by atoms with Crippen LogP contribution >= 0.6 is 0 Å². The van der Waals surface area contributed by atoms with Gasteiger partial charge in [-0.2, -0.15) is 0 Å². The summed E-state index contributed by atoms with van der Waals surface area (Å²) in [4.78, 5) is 14.9. The highest BCUT2D eigenvalue weighted by atomic mass is 16.6. The zero-order valence-corrected chi connectivity index (χ0v) is 11.9. The topological polar surface area (TPSA) is 91.3 Å². The Morgan fingerprint density at radius 1 is 1.30 bits per heavy atom. The maximum Gasteiger partial charge on any atom is 0.299 e. The van der Waals surface area contributed by atoms with Crippen molar-refractivity contribution in [3.8, 4) is 5.75 Å². The van der Waals surface area contributed by atoms with Crippen LogP contribution in [0.3, 0.4) is 0 Å². The molecule has 1 aromatic heterocycles. The van der Waals surface area contributed by atoms with Gasteiger partial charge in [0.1, 0.15) is 11.6 Å². The number of hydrogen-bond donors (Lipinski definition) is 1. The second-order valence-electron chi connectivity index (χ2n) is 5.65. The molecule has 1 aromatic carbocycles. The molecular weight excluding hydrogens is 258 g/mol. The standard InChI is InChI=1S/C14H17N3O3/c1-14(2,3)10-6-8-5-9(20-4)7-11(17(18)19)12(8)16-13(10)15/h5-7H,1-4H3,(H2,15,16). The van der Waals surface area contributed by atoms with Crippen molar-refractivity contribution in [1.82, 2.24) is 4.98 Å². The molecule has 6 heteroatoms. The molecule has 0 atom stereocenters. The van der Waals surface area contributed by atoms with Gasteiger partial charge in [0.05, 0.1) is 18.1 Å². The van der Waals surface area contributed by atoms with E-state index in [1.807, 2.05) is 26.8 Å². The van der Waals surface area contributed by atoms with E-state index in [-0.39, 0.29) is 16.6 Å². The largest absolute Gasteiger partial charge is 0.496 e. The lowest BCUT2D eigenvalue weighted by Crippen LogP contribution is -2.15. The molecule has 106 valence electrons. The predicted molar refractivity (Wildman–Crippen MR) is 78.1 cm³/mol. The quantitative estimate of drug-likeness (QED) is 0.671. The molecule has 0 aliphatic rings. The number of rotatable bonds is 2. The molecule has 2 aromatic rings. The fourth-order valence-corrected chi connectivity index (χ4v) is 2.11. The van der Waals surface area contributed by atoms with Gasteiger partial charge in [-0.25, -0.2) is 4.98 Å². The first-order chi connectivity index (χ1) is 9.24. The first-order valence-electron chi connectivity index (χ1n) is 6.17. The summed E-state index contributed by atoms with van der Waals surface area (Å²) < 4.78 is 5.11. The molecule has 0 unspecified atom stereocenters. The summed E-state index contributed by atoms with van der Waals surface area (Å²) in [6.45, 7) is 6.04. The number of nitrogen functional groups attached to an aromatic ring is 1. The lowest BCUT2D eigenvalue weighted by molar-refractivity contribution is -0.383. The van der Waals surface area contributed by atoms with Crippen LogP contribution in [0.2, 0.25) is 0 Å². The second-order valence-corrected chi connectivity index (χ2v) is 5.65. The van der Waals surface area contributed by atoms with E-state index in [9.17, 15) is 10.1 Å². The van der Waals surface area contributed by atoms with E-state index in [0.717, 1.165) is 5.56 Å².